The summed E-state index contributed by atoms with van der Waals surface area (Å²) in [7, 11) is -3.23. The lowest BCUT2D eigenvalue weighted by Gasteiger charge is -2.19. The Balaban J connectivity index is 1.41. The minimum absolute atomic E-state index is 0.235. The van der Waals surface area contributed by atoms with Crippen LogP contribution in [0.1, 0.15) is 11.1 Å². The number of nitrogens with zero attached hydrogens (tertiary/aromatic N) is 3. The molecular formula is C22H26N6O4S. The fraction of sp³-hybridized carbons (Fsp3) is 0.318. The highest BCUT2D eigenvalue weighted by Crippen LogP contribution is 2.36. The van der Waals surface area contributed by atoms with E-state index in [0.717, 1.165) is 40.0 Å². The summed E-state index contributed by atoms with van der Waals surface area (Å²) in [5.74, 6) is 2.32. The molecule has 0 amide bonds. The van der Waals surface area contributed by atoms with E-state index in [0.29, 0.717) is 38.2 Å². The van der Waals surface area contributed by atoms with Crippen LogP contribution in [0.3, 0.4) is 0 Å². The van der Waals surface area contributed by atoms with Crippen molar-refractivity contribution in [3.8, 4) is 22.6 Å². The lowest BCUT2D eigenvalue weighted by atomic mass is 9.96. The Labute approximate surface area is 192 Å². The number of benzene rings is 2. The van der Waals surface area contributed by atoms with Crippen LogP contribution in [0.5, 0.6) is 11.5 Å². The van der Waals surface area contributed by atoms with Gasteiger partial charge in [-0.25, -0.2) is 23.1 Å². The van der Waals surface area contributed by atoms with Crippen LogP contribution in [-0.4, -0.2) is 55.9 Å². The molecule has 0 fully saturated rings. The van der Waals surface area contributed by atoms with Gasteiger partial charge in [-0.15, -0.1) is 0 Å². The highest BCUT2D eigenvalue weighted by molar-refractivity contribution is 7.88. The topological polar surface area (TPSA) is 127 Å². The van der Waals surface area contributed by atoms with Crippen LogP contribution >= 0.6 is 0 Å². The quantitative estimate of drug-likeness (QED) is 0.403. The number of anilines is 2. The van der Waals surface area contributed by atoms with E-state index in [1.165, 1.54) is 6.33 Å². The van der Waals surface area contributed by atoms with Crippen molar-refractivity contribution in [2.75, 3.05) is 43.2 Å². The maximum absolute atomic E-state index is 11.1. The largest absolute Gasteiger partial charge is 0.486 e. The molecule has 0 unspecified atom stereocenters. The van der Waals surface area contributed by atoms with E-state index in [4.69, 9.17) is 9.47 Å². The monoisotopic (exact) mass is 470 g/mol. The summed E-state index contributed by atoms with van der Waals surface area (Å²) in [6, 6.07) is 12.2. The predicted molar refractivity (Wildman–Crippen MR) is 126 cm³/mol. The number of sulfonamides is 1. The normalized spacial score (nSPS) is 12.9. The van der Waals surface area contributed by atoms with E-state index in [9.17, 15) is 8.42 Å². The van der Waals surface area contributed by atoms with E-state index in [1.54, 1.807) is 0 Å². The first-order valence-electron chi connectivity index (χ1n) is 10.5. The molecule has 0 saturated heterocycles. The highest BCUT2D eigenvalue weighted by Gasteiger charge is 2.14. The van der Waals surface area contributed by atoms with Crippen molar-refractivity contribution in [3.05, 3.63) is 53.9 Å². The van der Waals surface area contributed by atoms with Crippen molar-refractivity contribution < 1.29 is 17.9 Å². The van der Waals surface area contributed by atoms with Crippen molar-refractivity contribution in [1.82, 2.24) is 19.7 Å². The zero-order chi connectivity index (χ0) is 23.3. The Morgan fingerprint density at radius 2 is 1.73 bits per heavy atom. The molecule has 1 aliphatic heterocycles. The second-order valence-corrected chi connectivity index (χ2v) is 9.36. The van der Waals surface area contributed by atoms with Gasteiger partial charge in [-0.2, -0.15) is 4.98 Å². The number of nitrogens with one attached hydrogen (secondary N) is 3. The predicted octanol–water partition coefficient (Wildman–Crippen LogP) is 2.19. The second kappa shape index (κ2) is 10.0. The van der Waals surface area contributed by atoms with Crippen LogP contribution in [0.4, 0.5) is 11.9 Å². The van der Waals surface area contributed by atoms with Crippen LogP contribution in [0.15, 0.2) is 42.7 Å². The Morgan fingerprint density at radius 3 is 2.52 bits per heavy atom. The van der Waals surface area contributed by atoms with E-state index in [1.807, 2.05) is 24.3 Å². The van der Waals surface area contributed by atoms with Crippen molar-refractivity contribution in [1.29, 1.82) is 0 Å². The van der Waals surface area contributed by atoms with Gasteiger partial charge >= 0.3 is 0 Å². The molecule has 0 radical (unpaired) electrons. The summed E-state index contributed by atoms with van der Waals surface area (Å²) in [5.41, 5.74) is 4.42. The summed E-state index contributed by atoms with van der Waals surface area (Å²) < 4.78 is 36.0. The van der Waals surface area contributed by atoms with Crippen LogP contribution in [0, 0.1) is 6.92 Å². The molecular weight excluding hydrogens is 444 g/mol. The molecule has 33 heavy (non-hydrogen) atoms. The number of hydrogen-bond donors (Lipinski definition) is 3. The van der Waals surface area contributed by atoms with Gasteiger partial charge in [0, 0.05) is 19.6 Å². The van der Waals surface area contributed by atoms with Crippen LogP contribution in [0.2, 0.25) is 0 Å². The maximum atomic E-state index is 11.1. The Kier molecular flexibility index (Phi) is 6.90. The van der Waals surface area contributed by atoms with Gasteiger partial charge in [0.2, 0.25) is 21.9 Å². The molecule has 0 atom stereocenters. The molecule has 0 saturated carbocycles. The average molecular weight is 471 g/mol. The number of aromatic nitrogens is 3. The fourth-order valence-electron chi connectivity index (χ4n) is 3.45. The zero-order valence-corrected chi connectivity index (χ0v) is 19.3. The summed E-state index contributed by atoms with van der Waals surface area (Å²) in [6.45, 7) is 4.32. The van der Waals surface area contributed by atoms with E-state index in [2.05, 4.69) is 49.4 Å². The van der Waals surface area contributed by atoms with Gasteiger partial charge in [-0.3, -0.25) is 0 Å². The van der Waals surface area contributed by atoms with E-state index >= 15 is 0 Å². The van der Waals surface area contributed by atoms with Gasteiger partial charge in [-0.05, 0) is 41.3 Å². The SMILES string of the molecule is Cc1c(CNc2ncnc(NCCNS(C)(=O)=O)n2)cccc1-c1ccc2c(c1)OCCO2. The van der Waals surface area contributed by atoms with Gasteiger partial charge in [0.15, 0.2) is 11.5 Å². The molecule has 3 N–H and O–H groups in total. The molecule has 4 rings (SSSR count). The molecule has 2 aromatic carbocycles. The van der Waals surface area contributed by atoms with Crippen LogP contribution < -0.4 is 24.8 Å². The summed E-state index contributed by atoms with van der Waals surface area (Å²) in [4.78, 5) is 12.6. The molecule has 174 valence electrons. The standard InChI is InChI=1S/C22H26N6O4S/c1-15-17(4-3-5-18(15)16-6-7-19-20(12-16)32-11-10-31-19)13-24-22-26-14-25-21(28-22)23-8-9-27-33(2,29)30/h3-7,12,14,27H,8-11,13H2,1-2H3,(H2,23,24,25,26,28). The fourth-order valence-corrected chi connectivity index (χ4v) is 3.92. The van der Waals surface area contributed by atoms with Crippen LogP contribution in [-0.2, 0) is 16.6 Å². The average Bonchev–Trinajstić information content (AvgIpc) is 2.81. The smallest absolute Gasteiger partial charge is 0.227 e. The molecule has 2 heterocycles. The van der Waals surface area contributed by atoms with Gasteiger partial charge in [-0.1, -0.05) is 24.3 Å². The highest BCUT2D eigenvalue weighted by atomic mass is 32.2. The van der Waals surface area contributed by atoms with Gasteiger partial charge in [0.25, 0.3) is 0 Å². The van der Waals surface area contributed by atoms with Gasteiger partial charge < -0.3 is 20.1 Å². The van der Waals surface area contributed by atoms with Crippen molar-refractivity contribution >= 4 is 21.9 Å². The van der Waals surface area contributed by atoms with Crippen molar-refractivity contribution in [2.45, 2.75) is 13.5 Å². The first kappa shape index (κ1) is 22.7. The third kappa shape index (κ3) is 6.08. The number of ether oxygens (including phenoxy) is 2. The van der Waals surface area contributed by atoms with Gasteiger partial charge in [0.05, 0.1) is 6.26 Å². The lowest BCUT2D eigenvalue weighted by Crippen LogP contribution is -2.28. The first-order valence-corrected chi connectivity index (χ1v) is 12.4. The molecule has 0 bridgehead atoms. The molecule has 3 aromatic rings. The summed E-state index contributed by atoms with van der Waals surface area (Å²) >= 11 is 0. The number of hydrogen-bond acceptors (Lipinski definition) is 9. The maximum Gasteiger partial charge on any atom is 0.227 e. The minimum Gasteiger partial charge on any atom is -0.486 e. The molecule has 11 heteroatoms. The van der Waals surface area contributed by atoms with E-state index < -0.39 is 10.0 Å². The Hall–Kier alpha value is -3.44. The molecule has 1 aromatic heterocycles. The summed E-state index contributed by atoms with van der Waals surface area (Å²) in [5, 5.41) is 6.20. The second-order valence-electron chi connectivity index (χ2n) is 7.53. The van der Waals surface area contributed by atoms with Crippen molar-refractivity contribution in [3.63, 3.8) is 0 Å². The lowest BCUT2D eigenvalue weighted by molar-refractivity contribution is 0.171. The Bertz CT molecular complexity index is 1240. The number of fused-ring (bicyclic) bond motifs is 1. The zero-order valence-electron chi connectivity index (χ0n) is 18.5. The molecule has 0 aliphatic carbocycles. The van der Waals surface area contributed by atoms with Gasteiger partial charge in [0.1, 0.15) is 19.5 Å². The summed E-state index contributed by atoms with van der Waals surface area (Å²) in [6.07, 6.45) is 2.52. The molecule has 1 aliphatic rings. The first-order chi connectivity index (χ1) is 15.9. The molecule has 10 nitrogen and oxygen atoms in total. The third-order valence-corrected chi connectivity index (χ3v) is 5.81. The molecule has 0 spiro atoms. The van der Waals surface area contributed by atoms with E-state index in [-0.39, 0.29) is 6.54 Å². The minimum atomic E-state index is -3.23. The van der Waals surface area contributed by atoms with Crippen molar-refractivity contribution in [2.24, 2.45) is 0 Å². The van der Waals surface area contributed by atoms with Crippen LogP contribution in [0.25, 0.3) is 11.1 Å². The third-order valence-electron chi connectivity index (χ3n) is 5.08. The number of rotatable bonds is 9. The Morgan fingerprint density at radius 1 is 0.970 bits per heavy atom.